The van der Waals surface area contributed by atoms with Crippen LogP contribution in [0.3, 0.4) is 0 Å². The number of rotatable bonds is 7. The van der Waals surface area contributed by atoms with Gasteiger partial charge in [0, 0.05) is 0 Å². The molecule has 2 N–H and O–H groups in total. The van der Waals surface area contributed by atoms with Gasteiger partial charge in [0.05, 0.1) is 0 Å². The summed E-state index contributed by atoms with van der Waals surface area (Å²) in [6, 6.07) is 22.3. The van der Waals surface area contributed by atoms with E-state index in [1.807, 2.05) is 48.5 Å². The first kappa shape index (κ1) is 22.7. The van der Waals surface area contributed by atoms with E-state index in [-0.39, 0.29) is 5.91 Å². The van der Waals surface area contributed by atoms with Crippen molar-refractivity contribution in [2.45, 2.75) is 23.8 Å². The number of para-hydroxylation sites is 1. The number of carbonyl (C=O) groups is 1. The molecule has 6 nitrogen and oxygen atoms in total. The van der Waals surface area contributed by atoms with Crippen molar-refractivity contribution in [1.82, 2.24) is 10.3 Å². The van der Waals surface area contributed by atoms with Crippen LogP contribution in [-0.4, -0.2) is 38.6 Å². The van der Waals surface area contributed by atoms with Gasteiger partial charge < -0.3 is 0 Å². The standard InChI is InChI=1S/C27H28AsN3O3/c1-18(20-14-15-29-17-20)28(2)27-31-24-16-21(10-13-25(24)34-27)30-26(32)19-8-11-23(12-9-19)33-22-6-4-3-5-7-22/h3-13,16,18,20,29H,14-15,17H2,1-2H3,(H,30,32). The monoisotopic (exact) mass is 517 g/mol. The molecule has 1 aliphatic heterocycles. The van der Waals surface area contributed by atoms with E-state index in [9.17, 15) is 4.79 Å². The van der Waals surface area contributed by atoms with E-state index in [1.165, 1.54) is 6.42 Å². The normalized spacial score (nSPS) is 17.4. The Bertz CT molecular complexity index is 1270. The van der Waals surface area contributed by atoms with Crippen molar-refractivity contribution in [2.24, 2.45) is 5.92 Å². The molecule has 3 aromatic carbocycles. The van der Waals surface area contributed by atoms with E-state index in [2.05, 4.69) is 23.3 Å². The quantitative estimate of drug-likeness (QED) is 0.330. The van der Waals surface area contributed by atoms with E-state index < -0.39 is 14.7 Å². The van der Waals surface area contributed by atoms with Crippen molar-refractivity contribution in [1.29, 1.82) is 0 Å². The minimum atomic E-state index is -1.40. The Hall–Kier alpha value is -3.08. The fourth-order valence-electron chi connectivity index (χ4n) is 4.23. The number of carbonyl (C=O) groups excluding carboxylic acids is 1. The Balaban J connectivity index is 1.25. The van der Waals surface area contributed by atoms with Crippen molar-refractivity contribution < 1.29 is 13.9 Å². The summed E-state index contributed by atoms with van der Waals surface area (Å²) < 4.78 is 13.5. The van der Waals surface area contributed by atoms with Crippen LogP contribution in [0.1, 0.15) is 23.7 Å². The number of hydrogen-bond acceptors (Lipinski definition) is 5. The summed E-state index contributed by atoms with van der Waals surface area (Å²) in [5.74, 6) is 1.96. The summed E-state index contributed by atoms with van der Waals surface area (Å²) in [6.45, 7) is 4.54. The summed E-state index contributed by atoms with van der Waals surface area (Å²) in [4.78, 5) is 17.6. The number of aromatic nitrogens is 1. The fourth-order valence-corrected chi connectivity index (χ4v) is 7.88. The zero-order valence-corrected chi connectivity index (χ0v) is 21.2. The molecule has 0 bridgehead atoms. The predicted molar refractivity (Wildman–Crippen MR) is 137 cm³/mol. The Labute approximate surface area is 204 Å². The van der Waals surface area contributed by atoms with E-state index in [1.54, 1.807) is 24.3 Å². The van der Waals surface area contributed by atoms with Gasteiger partial charge >= 0.3 is 168 Å². The third kappa shape index (κ3) is 5.03. The van der Waals surface area contributed by atoms with E-state index >= 15 is 0 Å². The molecule has 174 valence electrons. The van der Waals surface area contributed by atoms with Crippen LogP contribution in [0.4, 0.5) is 5.69 Å². The van der Waals surface area contributed by atoms with E-state index in [0.29, 0.717) is 27.6 Å². The second kappa shape index (κ2) is 10.0. The Morgan fingerprint density at radius 3 is 2.62 bits per heavy atom. The number of amides is 1. The maximum absolute atomic E-state index is 12.8. The van der Waals surface area contributed by atoms with Crippen LogP contribution in [0.25, 0.3) is 11.1 Å². The molecule has 1 amide bonds. The van der Waals surface area contributed by atoms with Crippen LogP contribution in [0.5, 0.6) is 11.5 Å². The van der Waals surface area contributed by atoms with Gasteiger partial charge in [-0.2, -0.15) is 0 Å². The first-order valence-electron chi connectivity index (χ1n) is 11.6. The summed E-state index contributed by atoms with van der Waals surface area (Å²) in [7, 11) is 0. The van der Waals surface area contributed by atoms with Gasteiger partial charge in [-0.25, -0.2) is 0 Å². The summed E-state index contributed by atoms with van der Waals surface area (Å²) in [5.41, 5.74) is 5.15. The van der Waals surface area contributed by atoms with Gasteiger partial charge in [0.15, 0.2) is 0 Å². The second-order valence-electron chi connectivity index (χ2n) is 8.68. The van der Waals surface area contributed by atoms with Gasteiger partial charge in [-0.15, -0.1) is 0 Å². The van der Waals surface area contributed by atoms with Crippen LogP contribution < -0.4 is 20.0 Å². The number of nitrogens with zero attached hydrogens (tertiary/aromatic N) is 1. The topological polar surface area (TPSA) is 76.4 Å². The molecule has 7 heteroatoms. The number of oxazole rings is 1. The molecular formula is C27H28AsN3O3. The molecule has 0 saturated carbocycles. The molecule has 1 aliphatic rings. The first-order chi connectivity index (χ1) is 16.6. The SMILES string of the molecule is CC(C1CCNC1)[As](C)c1nc2cc(NC(=O)c3ccc(Oc4ccccc4)cc3)ccc2o1. The number of fused-ring (bicyclic) bond motifs is 1. The summed E-state index contributed by atoms with van der Waals surface area (Å²) in [6.07, 6.45) is 1.23. The Morgan fingerprint density at radius 2 is 1.88 bits per heavy atom. The number of hydrogen-bond donors (Lipinski definition) is 2. The Morgan fingerprint density at radius 1 is 1.12 bits per heavy atom. The van der Waals surface area contributed by atoms with Crippen LogP contribution in [-0.2, 0) is 0 Å². The number of anilines is 1. The second-order valence-corrected chi connectivity index (χ2v) is 13.8. The summed E-state index contributed by atoms with van der Waals surface area (Å²) >= 11 is -1.40. The first-order valence-corrected chi connectivity index (χ1v) is 15.4. The molecule has 4 aromatic rings. The van der Waals surface area contributed by atoms with Gasteiger partial charge in [0.2, 0.25) is 0 Å². The summed E-state index contributed by atoms with van der Waals surface area (Å²) in [5, 5.41) is 6.43. The predicted octanol–water partition coefficient (Wildman–Crippen LogP) is 5.20. The molecule has 3 unspecified atom stereocenters. The molecule has 1 fully saturated rings. The third-order valence-electron chi connectivity index (χ3n) is 6.42. The van der Waals surface area contributed by atoms with Crippen LogP contribution >= 0.6 is 0 Å². The zero-order chi connectivity index (χ0) is 23.5. The van der Waals surface area contributed by atoms with Crippen LogP contribution in [0, 0.1) is 5.92 Å². The van der Waals surface area contributed by atoms with Gasteiger partial charge in [-0.3, -0.25) is 0 Å². The number of benzene rings is 3. The maximum atomic E-state index is 12.8. The van der Waals surface area contributed by atoms with Gasteiger partial charge in [-0.1, -0.05) is 18.2 Å². The molecule has 3 atom stereocenters. The van der Waals surface area contributed by atoms with Gasteiger partial charge in [0.1, 0.15) is 5.75 Å². The van der Waals surface area contributed by atoms with Crippen molar-refractivity contribution in [2.75, 3.05) is 18.4 Å². The zero-order valence-electron chi connectivity index (χ0n) is 19.3. The van der Waals surface area contributed by atoms with Crippen molar-refractivity contribution in [3.63, 3.8) is 0 Å². The van der Waals surface area contributed by atoms with Crippen molar-refractivity contribution in [3.8, 4) is 11.5 Å². The average Bonchev–Trinajstić information content (AvgIpc) is 3.54. The van der Waals surface area contributed by atoms with Gasteiger partial charge in [-0.05, 0) is 12.1 Å². The molecule has 5 rings (SSSR count). The number of ether oxygens (including phenoxy) is 1. The molecule has 1 aromatic heterocycles. The minimum absolute atomic E-state index is 0.181. The average molecular weight is 517 g/mol. The Kier molecular flexibility index (Phi) is 6.70. The molecule has 1 saturated heterocycles. The van der Waals surface area contributed by atoms with Crippen molar-refractivity contribution >= 4 is 42.0 Å². The molecule has 0 spiro atoms. The third-order valence-corrected chi connectivity index (χ3v) is 11.5. The molecule has 0 radical (unpaired) electrons. The molecule has 34 heavy (non-hydrogen) atoms. The molecular weight excluding hydrogens is 489 g/mol. The van der Waals surface area contributed by atoms with Crippen LogP contribution in [0.2, 0.25) is 10.4 Å². The van der Waals surface area contributed by atoms with Gasteiger partial charge in [0.25, 0.3) is 0 Å². The van der Waals surface area contributed by atoms with Crippen molar-refractivity contribution in [3.05, 3.63) is 78.4 Å². The number of nitrogens with one attached hydrogen (secondary N) is 2. The van der Waals surface area contributed by atoms with E-state index in [4.69, 9.17) is 14.1 Å². The van der Waals surface area contributed by atoms with E-state index in [0.717, 1.165) is 34.6 Å². The van der Waals surface area contributed by atoms with Crippen LogP contribution in [0.15, 0.2) is 77.2 Å². The fraction of sp³-hybridized carbons (Fsp3) is 0.259. The molecule has 0 aliphatic carbocycles. The molecule has 2 heterocycles.